The summed E-state index contributed by atoms with van der Waals surface area (Å²) in [5.41, 5.74) is 0.661. The third kappa shape index (κ3) is 4.89. The van der Waals surface area contributed by atoms with E-state index in [4.69, 9.17) is 0 Å². The van der Waals surface area contributed by atoms with E-state index in [1.807, 2.05) is 0 Å². The van der Waals surface area contributed by atoms with Crippen LogP contribution in [0.4, 0.5) is 19.0 Å². The molecule has 0 unspecified atom stereocenters. The number of rotatable bonds is 4. The van der Waals surface area contributed by atoms with Crippen LogP contribution in [0.25, 0.3) is 0 Å². The van der Waals surface area contributed by atoms with Crippen molar-refractivity contribution in [2.45, 2.75) is 20.0 Å². The molecule has 0 aliphatic rings. The number of hydrogen-bond donors (Lipinski definition) is 0. The number of aromatic nitrogens is 2. The van der Waals surface area contributed by atoms with Crippen molar-refractivity contribution in [2.75, 3.05) is 23.3 Å². The van der Waals surface area contributed by atoms with Crippen LogP contribution in [0, 0.1) is 13.8 Å². The SMILES string of the molecule is Cc1cc(N(CCBr)CC(F)(F)F)nc(C)n1. The topological polar surface area (TPSA) is 29.0 Å². The molecule has 1 aromatic rings. The first-order valence-corrected chi connectivity index (χ1v) is 6.14. The first kappa shape index (κ1) is 14.2. The second-order valence-electron chi connectivity index (χ2n) is 3.64. The molecule has 0 saturated carbocycles. The van der Waals surface area contributed by atoms with Gasteiger partial charge >= 0.3 is 6.18 Å². The lowest BCUT2D eigenvalue weighted by Gasteiger charge is -2.24. The van der Waals surface area contributed by atoms with E-state index in [0.29, 0.717) is 22.7 Å². The van der Waals surface area contributed by atoms with Crippen molar-refractivity contribution in [3.8, 4) is 0 Å². The minimum absolute atomic E-state index is 0.245. The molecule has 0 radical (unpaired) electrons. The Kier molecular flexibility index (Phi) is 4.73. The van der Waals surface area contributed by atoms with Gasteiger partial charge in [0.1, 0.15) is 18.2 Å². The highest BCUT2D eigenvalue weighted by atomic mass is 79.9. The molecule has 7 heteroatoms. The minimum atomic E-state index is -4.24. The molecule has 0 aliphatic heterocycles. The molecule has 0 amide bonds. The van der Waals surface area contributed by atoms with Gasteiger partial charge in [-0.15, -0.1) is 0 Å². The van der Waals surface area contributed by atoms with Crippen molar-refractivity contribution in [3.05, 3.63) is 17.6 Å². The van der Waals surface area contributed by atoms with E-state index in [-0.39, 0.29) is 6.54 Å². The lowest BCUT2D eigenvalue weighted by molar-refractivity contribution is -0.119. The lowest BCUT2D eigenvalue weighted by Crippen LogP contribution is -2.36. The smallest absolute Gasteiger partial charge is 0.347 e. The summed E-state index contributed by atoms with van der Waals surface area (Å²) in [5.74, 6) is 0.786. The molecule has 1 aromatic heterocycles. The summed E-state index contributed by atoms with van der Waals surface area (Å²) in [5, 5.41) is 0.450. The number of hydrogen-bond acceptors (Lipinski definition) is 3. The lowest BCUT2D eigenvalue weighted by atomic mass is 10.3. The fourth-order valence-electron chi connectivity index (χ4n) is 1.45. The van der Waals surface area contributed by atoms with Gasteiger partial charge in [-0.3, -0.25) is 0 Å². The molecular weight excluding hydrogens is 299 g/mol. The maximum Gasteiger partial charge on any atom is 0.405 e. The number of nitrogens with zero attached hydrogens (tertiary/aromatic N) is 3. The monoisotopic (exact) mass is 311 g/mol. The van der Waals surface area contributed by atoms with E-state index in [1.165, 1.54) is 4.90 Å². The highest BCUT2D eigenvalue weighted by molar-refractivity contribution is 9.09. The van der Waals surface area contributed by atoms with E-state index in [1.54, 1.807) is 19.9 Å². The Morgan fingerprint density at radius 3 is 2.41 bits per heavy atom. The molecule has 96 valence electrons. The summed E-state index contributed by atoms with van der Waals surface area (Å²) < 4.78 is 37.2. The number of alkyl halides is 4. The van der Waals surface area contributed by atoms with Gasteiger partial charge < -0.3 is 4.90 Å². The molecule has 3 nitrogen and oxygen atoms in total. The molecule has 0 bridgehead atoms. The highest BCUT2D eigenvalue weighted by Gasteiger charge is 2.31. The van der Waals surface area contributed by atoms with Crippen molar-refractivity contribution < 1.29 is 13.2 Å². The molecule has 0 aromatic carbocycles. The van der Waals surface area contributed by atoms with Crippen LogP contribution in [0.15, 0.2) is 6.07 Å². The Labute approximate surface area is 106 Å². The minimum Gasteiger partial charge on any atom is -0.347 e. The van der Waals surface area contributed by atoms with Crippen molar-refractivity contribution in [3.63, 3.8) is 0 Å². The first-order chi connectivity index (χ1) is 7.81. The molecule has 0 saturated heterocycles. The van der Waals surface area contributed by atoms with Gasteiger partial charge in [-0.1, -0.05) is 15.9 Å². The predicted octanol–water partition coefficient (Wildman–Crippen LogP) is 2.86. The van der Waals surface area contributed by atoms with E-state index in [9.17, 15) is 13.2 Å². The Morgan fingerprint density at radius 1 is 1.29 bits per heavy atom. The molecular formula is C10H13BrF3N3. The maximum absolute atomic E-state index is 12.4. The first-order valence-electron chi connectivity index (χ1n) is 5.02. The van der Waals surface area contributed by atoms with Crippen molar-refractivity contribution in [1.82, 2.24) is 9.97 Å². The number of aryl methyl sites for hydroxylation is 2. The Hall–Kier alpha value is -0.850. The maximum atomic E-state index is 12.4. The number of halogens is 4. The van der Waals surface area contributed by atoms with Gasteiger partial charge in [-0.2, -0.15) is 13.2 Å². The van der Waals surface area contributed by atoms with Gasteiger partial charge in [0, 0.05) is 23.6 Å². The van der Waals surface area contributed by atoms with Crippen LogP contribution >= 0.6 is 15.9 Å². The van der Waals surface area contributed by atoms with E-state index >= 15 is 0 Å². The molecule has 17 heavy (non-hydrogen) atoms. The van der Waals surface area contributed by atoms with Gasteiger partial charge in [0.25, 0.3) is 0 Å². The van der Waals surface area contributed by atoms with Gasteiger partial charge in [-0.25, -0.2) is 9.97 Å². The summed E-state index contributed by atoms with van der Waals surface area (Å²) in [7, 11) is 0. The fraction of sp³-hybridized carbons (Fsp3) is 0.600. The van der Waals surface area contributed by atoms with Crippen molar-refractivity contribution >= 4 is 21.7 Å². The molecule has 1 heterocycles. The summed E-state index contributed by atoms with van der Waals surface area (Å²) >= 11 is 3.14. The Balaban J connectivity index is 2.96. The molecule has 0 fully saturated rings. The zero-order valence-electron chi connectivity index (χ0n) is 9.55. The van der Waals surface area contributed by atoms with Crippen molar-refractivity contribution in [1.29, 1.82) is 0 Å². The van der Waals surface area contributed by atoms with Crippen LogP contribution in [0.1, 0.15) is 11.5 Å². The van der Waals surface area contributed by atoms with Crippen LogP contribution in [-0.2, 0) is 0 Å². The molecule has 0 aliphatic carbocycles. The van der Waals surface area contributed by atoms with E-state index in [2.05, 4.69) is 25.9 Å². The van der Waals surface area contributed by atoms with Crippen molar-refractivity contribution in [2.24, 2.45) is 0 Å². The zero-order chi connectivity index (χ0) is 13.1. The Bertz CT molecular complexity index is 361. The van der Waals surface area contributed by atoms with E-state index < -0.39 is 12.7 Å². The van der Waals surface area contributed by atoms with Gasteiger partial charge in [0.2, 0.25) is 0 Å². The standard InChI is InChI=1S/C10H13BrF3N3/c1-7-5-9(16-8(2)15-7)17(4-3-11)6-10(12,13)14/h5H,3-4,6H2,1-2H3. The quantitative estimate of drug-likeness (QED) is 0.801. The van der Waals surface area contributed by atoms with Gasteiger partial charge in [0.05, 0.1) is 0 Å². The zero-order valence-corrected chi connectivity index (χ0v) is 11.1. The van der Waals surface area contributed by atoms with Crippen LogP contribution in [0.3, 0.4) is 0 Å². The van der Waals surface area contributed by atoms with Crippen LogP contribution < -0.4 is 4.90 Å². The summed E-state index contributed by atoms with van der Waals surface area (Å²) in [6.07, 6.45) is -4.24. The summed E-state index contributed by atoms with van der Waals surface area (Å²) in [4.78, 5) is 9.26. The third-order valence-corrected chi connectivity index (χ3v) is 2.36. The molecule has 1 rings (SSSR count). The largest absolute Gasteiger partial charge is 0.405 e. The average Bonchev–Trinajstić information content (AvgIpc) is 2.13. The second kappa shape index (κ2) is 5.66. The molecule has 0 N–H and O–H groups in total. The Morgan fingerprint density at radius 2 is 1.94 bits per heavy atom. The molecule has 0 atom stereocenters. The van der Waals surface area contributed by atoms with Crippen LogP contribution in [0.5, 0.6) is 0 Å². The second-order valence-corrected chi connectivity index (χ2v) is 4.43. The van der Waals surface area contributed by atoms with Gasteiger partial charge in [0.15, 0.2) is 0 Å². The summed E-state index contributed by atoms with van der Waals surface area (Å²) in [6, 6.07) is 1.56. The third-order valence-electron chi connectivity index (χ3n) is 2.00. The van der Waals surface area contributed by atoms with Crippen LogP contribution in [-0.4, -0.2) is 34.6 Å². The summed E-state index contributed by atoms with van der Waals surface area (Å²) in [6.45, 7) is 2.64. The fourth-order valence-corrected chi connectivity index (χ4v) is 1.88. The predicted molar refractivity (Wildman–Crippen MR) is 63.6 cm³/mol. The van der Waals surface area contributed by atoms with Crippen LogP contribution in [0.2, 0.25) is 0 Å². The van der Waals surface area contributed by atoms with Gasteiger partial charge in [-0.05, 0) is 13.8 Å². The normalized spacial score (nSPS) is 11.6. The van der Waals surface area contributed by atoms with E-state index in [0.717, 1.165) is 0 Å². The average molecular weight is 312 g/mol. The highest BCUT2D eigenvalue weighted by Crippen LogP contribution is 2.21. The molecule has 0 spiro atoms. The number of anilines is 1.